The highest BCUT2D eigenvalue weighted by atomic mass is 32.1. The van der Waals surface area contributed by atoms with Crippen LogP contribution in [0.15, 0.2) is 28.1 Å². The number of thiazole rings is 1. The lowest BCUT2D eigenvalue weighted by Gasteiger charge is -2.21. The number of fused-ring (bicyclic) bond motifs is 1. The summed E-state index contributed by atoms with van der Waals surface area (Å²) >= 11 is 1.54. The van der Waals surface area contributed by atoms with Crippen molar-refractivity contribution in [2.75, 3.05) is 13.2 Å². The van der Waals surface area contributed by atoms with E-state index in [4.69, 9.17) is 4.74 Å². The maximum atomic E-state index is 12.8. The van der Waals surface area contributed by atoms with Gasteiger partial charge in [0.15, 0.2) is 0 Å². The number of aryl methyl sites for hydroxylation is 1. The van der Waals surface area contributed by atoms with Crippen molar-refractivity contribution in [2.45, 2.75) is 39.7 Å². The van der Waals surface area contributed by atoms with E-state index in [2.05, 4.69) is 9.97 Å². The summed E-state index contributed by atoms with van der Waals surface area (Å²) in [4.78, 5) is 21.6. The lowest BCUT2D eigenvalue weighted by atomic mass is 10.00. The van der Waals surface area contributed by atoms with Crippen LogP contribution in [-0.4, -0.2) is 32.1 Å². The van der Waals surface area contributed by atoms with Crippen LogP contribution < -0.4 is 5.56 Å². The van der Waals surface area contributed by atoms with E-state index < -0.39 is 0 Å². The molecular formula is C17H22N4O2S. The molecule has 0 saturated carbocycles. The fraction of sp³-hybridized carbons (Fsp3) is 0.471. The van der Waals surface area contributed by atoms with Gasteiger partial charge in [0.05, 0.1) is 23.9 Å². The fourth-order valence-electron chi connectivity index (χ4n) is 3.16. The van der Waals surface area contributed by atoms with Gasteiger partial charge in [-0.05, 0) is 19.8 Å². The van der Waals surface area contributed by atoms with Crippen LogP contribution in [0.4, 0.5) is 0 Å². The molecule has 1 fully saturated rings. The topological polar surface area (TPSA) is 61.4 Å². The molecule has 0 radical (unpaired) electrons. The second-order valence-electron chi connectivity index (χ2n) is 5.90. The SMILES string of the molecule is C.Cc1cn2c(C3CCOCC3)ncc2c(=O)n1Cc1cscn1. The third-order valence-electron chi connectivity index (χ3n) is 4.42. The first-order chi connectivity index (χ1) is 11.2. The highest BCUT2D eigenvalue weighted by Crippen LogP contribution is 2.26. The molecule has 1 aliphatic heterocycles. The lowest BCUT2D eigenvalue weighted by molar-refractivity contribution is 0.0835. The van der Waals surface area contributed by atoms with Gasteiger partial charge in [0.25, 0.3) is 5.56 Å². The van der Waals surface area contributed by atoms with Crippen molar-refractivity contribution in [3.05, 3.63) is 50.9 Å². The summed E-state index contributed by atoms with van der Waals surface area (Å²) in [6, 6.07) is 0. The number of hydrogen-bond donors (Lipinski definition) is 0. The Labute approximate surface area is 144 Å². The van der Waals surface area contributed by atoms with Crippen molar-refractivity contribution in [1.29, 1.82) is 0 Å². The molecule has 4 rings (SSSR count). The van der Waals surface area contributed by atoms with E-state index >= 15 is 0 Å². The summed E-state index contributed by atoms with van der Waals surface area (Å²) in [5.74, 6) is 1.34. The van der Waals surface area contributed by atoms with Gasteiger partial charge in [-0.25, -0.2) is 9.97 Å². The number of hydrogen-bond acceptors (Lipinski definition) is 5. The molecule has 128 valence electrons. The average Bonchev–Trinajstić information content (AvgIpc) is 3.22. The summed E-state index contributed by atoms with van der Waals surface area (Å²) < 4.78 is 9.15. The van der Waals surface area contributed by atoms with Crippen molar-refractivity contribution >= 4 is 16.9 Å². The van der Waals surface area contributed by atoms with Crippen LogP contribution in [0.25, 0.3) is 5.52 Å². The summed E-state index contributed by atoms with van der Waals surface area (Å²) in [5, 5.41) is 1.97. The largest absolute Gasteiger partial charge is 0.381 e. The lowest BCUT2D eigenvalue weighted by Crippen LogP contribution is -2.25. The van der Waals surface area contributed by atoms with Gasteiger partial charge in [-0.15, -0.1) is 11.3 Å². The monoisotopic (exact) mass is 346 g/mol. The van der Waals surface area contributed by atoms with E-state index in [9.17, 15) is 4.79 Å². The number of aromatic nitrogens is 4. The Morgan fingerprint density at radius 2 is 2.12 bits per heavy atom. The first-order valence-electron chi connectivity index (χ1n) is 7.76. The molecule has 3 aromatic heterocycles. The van der Waals surface area contributed by atoms with Crippen LogP contribution in [0.2, 0.25) is 0 Å². The minimum Gasteiger partial charge on any atom is -0.381 e. The van der Waals surface area contributed by atoms with Crippen LogP contribution in [0.1, 0.15) is 43.4 Å². The second kappa shape index (κ2) is 6.86. The zero-order chi connectivity index (χ0) is 15.8. The molecule has 0 N–H and O–H groups in total. The molecule has 0 unspecified atom stereocenters. The standard InChI is InChI=1S/C16H18N4O2S.CH4/c1-11-7-20-14(6-17-15(20)12-2-4-22-5-3-12)16(21)19(11)8-13-9-23-10-18-13;/h6-7,9-10,12H,2-5,8H2,1H3;1H4. The summed E-state index contributed by atoms with van der Waals surface area (Å²) in [7, 11) is 0. The van der Waals surface area contributed by atoms with Gasteiger partial charge in [-0.3, -0.25) is 9.20 Å². The maximum Gasteiger partial charge on any atom is 0.277 e. The van der Waals surface area contributed by atoms with Crippen molar-refractivity contribution in [3.8, 4) is 0 Å². The Balaban J connectivity index is 0.00000169. The Bertz CT molecular complexity index is 876. The minimum atomic E-state index is -0.0104. The third kappa shape index (κ3) is 2.89. The molecule has 0 amide bonds. The second-order valence-corrected chi connectivity index (χ2v) is 6.62. The summed E-state index contributed by atoms with van der Waals surface area (Å²) in [6.45, 7) is 3.99. The van der Waals surface area contributed by atoms with Crippen LogP contribution in [0.5, 0.6) is 0 Å². The predicted octanol–water partition coefficient (Wildman–Crippen LogP) is 2.84. The maximum absolute atomic E-state index is 12.8. The number of nitrogens with zero attached hydrogens (tertiary/aromatic N) is 4. The summed E-state index contributed by atoms with van der Waals surface area (Å²) in [5.41, 5.74) is 4.24. The molecule has 24 heavy (non-hydrogen) atoms. The van der Waals surface area contributed by atoms with Gasteiger partial charge in [-0.1, -0.05) is 7.43 Å². The highest BCUT2D eigenvalue weighted by Gasteiger charge is 2.22. The first-order valence-corrected chi connectivity index (χ1v) is 8.70. The molecule has 0 aromatic carbocycles. The number of rotatable bonds is 3. The molecule has 7 heteroatoms. The van der Waals surface area contributed by atoms with Crippen LogP contribution in [0, 0.1) is 6.92 Å². The molecule has 0 spiro atoms. The van der Waals surface area contributed by atoms with Crippen molar-refractivity contribution in [3.63, 3.8) is 0 Å². The Hall–Kier alpha value is -1.99. The molecule has 0 atom stereocenters. The van der Waals surface area contributed by atoms with Crippen molar-refractivity contribution in [1.82, 2.24) is 18.9 Å². The normalized spacial score (nSPS) is 15.5. The van der Waals surface area contributed by atoms with Gasteiger partial charge < -0.3 is 9.30 Å². The van der Waals surface area contributed by atoms with E-state index in [1.54, 1.807) is 27.6 Å². The molecule has 6 nitrogen and oxygen atoms in total. The minimum absolute atomic E-state index is 0. The molecule has 1 saturated heterocycles. The molecular weight excluding hydrogens is 324 g/mol. The fourth-order valence-corrected chi connectivity index (χ4v) is 3.71. The number of imidazole rings is 1. The van der Waals surface area contributed by atoms with Crippen LogP contribution in [0.3, 0.4) is 0 Å². The first kappa shape index (κ1) is 16.9. The quantitative estimate of drug-likeness (QED) is 0.732. The zero-order valence-electron chi connectivity index (χ0n) is 12.9. The molecule has 1 aliphatic rings. The van der Waals surface area contributed by atoms with E-state index in [1.807, 2.05) is 22.9 Å². The van der Waals surface area contributed by atoms with Gasteiger partial charge in [-0.2, -0.15) is 0 Å². The number of ether oxygens (including phenoxy) is 1. The van der Waals surface area contributed by atoms with E-state index in [-0.39, 0.29) is 13.0 Å². The van der Waals surface area contributed by atoms with E-state index in [1.165, 1.54) is 0 Å². The van der Waals surface area contributed by atoms with Gasteiger partial charge in [0, 0.05) is 36.4 Å². The average molecular weight is 346 g/mol. The highest BCUT2D eigenvalue weighted by molar-refractivity contribution is 7.07. The predicted molar refractivity (Wildman–Crippen MR) is 94.9 cm³/mol. The van der Waals surface area contributed by atoms with Gasteiger partial charge in [0.1, 0.15) is 11.3 Å². The van der Waals surface area contributed by atoms with Crippen LogP contribution >= 0.6 is 11.3 Å². The Kier molecular flexibility index (Phi) is 4.82. The molecule has 3 aromatic rings. The van der Waals surface area contributed by atoms with Crippen molar-refractivity contribution in [2.24, 2.45) is 0 Å². The molecule has 0 aliphatic carbocycles. The van der Waals surface area contributed by atoms with Gasteiger partial charge >= 0.3 is 0 Å². The third-order valence-corrected chi connectivity index (χ3v) is 5.06. The smallest absolute Gasteiger partial charge is 0.277 e. The Morgan fingerprint density at radius 1 is 1.33 bits per heavy atom. The zero-order valence-corrected chi connectivity index (χ0v) is 13.8. The van der Waals surface area contributed by atoms with Crippen molar-refractivity contribution < 1.29 is 4.74 Å². The molecule has 4 heterocycles. The van der Waals surface area contributed by atoms with Gasteiger partial charge in [0.2, 0.25) is 0 Å². The van der Waals surface area contributed by atoms with E-state index in [0.717, 1.165) is 43.3 Å². The molecule has 0 bridgehead atoms. The Morgan fingerprint density at radius 3 is 2.83 bits per heavy atom. The van der Waals surface area contributed by atoms with Crippen LogP contribution in [-0.2, 0) is 11.3 Å². The van der Waals surface area contributed by atoms with E-state index in [0.29, 0.717) is 18.0 Å². The summed E-state index contributed by atoms with van der Waals surface area (Å²) in [6.07, 6.45) is 5.63.